The molecule has 0 amide bonds. The summed E-state index contributed by atoms with van der Waals surface area (Å²) < 4.78 is 45.4. The molecule has 0 aromatic heterocycles. The fraction of sp³-hybridized carbons (Fsp3) is 0.417. The number of ether oxygens (including phenoxy) is 2. The molecule has 7 heteroatoms. The van der Waals surface area contributed by atoms with Gasteiger partial charge in [0.05, 0.1) is 6.61 Å². The van der Waals surface area contributed by atoms with E-state index < -0.39 is 12.3 Å². The molecule has 106 valence electrons. The summed E-state index contributed by atoms with van der Waals surface area (Å²) in [6.07, 6.45) is -4.36. The van der Waals surface area contributed by atoms with Gasteiger partial charge in [-0.3, -0.25) is 4.79 Å². The molecule has 1 rings (SSSR count). The number of benzene rings is 1. The largest absolute Gasteiger partial charge is 0.573 e. The van der Waals surface area contributed by atoms with Crippen molar-refractivity contribution in [2.24, 2.45) is 0 Å². The summed E-state index contributed by atoms with van der Waals surface area (Å²) in [6, 6.07) is 3.89. The molecule has 0 heterocycles. The Balaban J connectivity index is 2.72. The third kappa shape index (κ3) is 5.96. The molecule has 0 N–H and O–H groups in total. The average molecular weight is 341 g/mol. The first kappa shape index (κ1) is 15.8. The van der Waals surface area contributed by atoms with E-state index in [1.54, 1.807) is 6.92 Å². The molecular weight excluding hydrogens is 329 g/mol. The van der Waals surface area contributed by atoms with Crippen molar-refractivity contribution in [3.8, 4) is 5.75 Å². The van der Waals surface area contributed by atoms with Crippen LogP contribution in [-0.4, -0.2) is 18.9 Å². The smallest absolute Gasteiger partial charge is 0.466 e. The summed E-state index contributed by atoms with van der Waals surface area (Å²) in [7, 11) is 0. The Morgan fingerprint density at radius 3 is 2.63 bits per heavy atom. The molecule has 0 radical (unpaired) electrons. The third-order valence-corrected chi connectivity index (χ3v) is 2.93. The molecule has 0 fully saturated rings. The standard InChI is InChI=1S/C12H12BrF3O3/c1-2-18-11(17)6-3-8-7-9(4-5-10(8)13)19-12(14,15)16/h4-5,7H,2-3,6H2,1H3. The summed E-state index contributed by atoms with van der Waals surface area (Å²) >= 11 is 3.21. The fourth-order valence-corrected chi connectivity index (χ4v) is 1.85. The van der Waals surface area contributed by atoms with Crippen LogP contribution in [-0.2, 0) is 16.0 Å². The van der Waals surface area contributed by atoms with Gasteiger partial charge in [-0.15, -0.1) is 13.2 Å². The number of halogens is 4. The Morgan fingerprint density at radius 2 is 2.05 bits per heavy atom. The molecule has 1 aromatic carbocycles. The highest BCUT2D eigenvalue weighted by Gasteiger charge is 2.31. The van der Waals surface area contributed by atoms with Crippen LogP contribution in [0.1, 0.15) is 18.9 Å². The van der Waals surface area contributed by atoms with Crippen molar-refractivity contribution < 1.29 is 27.4 Å². The van der Waals surface area contributed by atoms with E-state index in [4.69, 9.17) is 4.74 Å². The molecule has 0 bridgehead atoms. The van der Waals surface area contributed by atoms with E-state index in [2.05, 4.69) is 20.7 Å². The minimum atomic E-state index is -4.73. The highest BCUT2D eigenvalue weighted by atomic mass is 79.9. The normalized spacial score (nSPS) is 11.2. The van der Waals surface area contributed by atoms with Crippen molar-refractivity contribution in [3.05, 3.63) is 28.2 Å². The first-order valence-corrected chi connectivity index (χ1v) is 6.31. The van der Waals surface area contributed by atoms with Gasteiger partial charge in [0.1, 0.15) is 5.75 Å². The predicted molar refractivity (Wildman–Crippen MR) is 65.8 cm³/mol. The highest BCUT2D eigenvalue weighted by molar-refractivity contribution is 9.10. The molecular formula is C12H12BrF3O3. The van der Waals surface area contributed by atoms with Crippen molar-refractivity contribution in [1.82, 2.24) is 0 Å². The summed E-state index contributed by atoms with van der Waals surface area (Å²) in [5, 5.41) is 0. The van der Waals surface area contributed by atoms with Gasteiger partial charge in [-0.2, -0.15) is 0 Å². The maximum atomic E-state index is 12.1. The summed E-state index contributed by atoms with van der Waals surface area (Å²) in [4.78, 5) is 11.2. The SMILES string of the molecule is CCOC(=O)CCc1cc(OC(F)(F)F)ccc1Br. The zero-order chi connectivity index (χ0) is 14.5. The van der Waals surface area contributed by atoms with Crippen molar-refractivity contribution in [2.75, 3.05) is 6.61 Å². The second-order valence-corrected chi connectivity index (χ2v) is 4.46. The van der Waals surface area contributed by atoms with Crippen molar-refractivity contribution in [3.63, 3.8) is 0 Å². The van der Waals surface area contributed by atoms with Gasteiger partial charge >= 0.3 is 12.3 Å². The van der Waals surface area contributed by atoms with Crippen LogP contribution in [0.3, 0.4) is 0 Å². The van der Waals surface area contributed by atoms with Crippen LogP contribution in [0.15, 0.2) is 22.7 Å². The minimum absolute atomic E-state index is 0.0991. The van der Waals surface area contributed by atoms with Gasteiger partial charge in [0.15, 0.2) is 0 Å². The minimum Gasteiger partial charge on any atom is -0.466 e. The van der Waals surface area contributed by atoms with Crippen LogP contribution < -0.4 is 4.74 Å². The molecule has 0 saturated heterocycles. The van der Waals surface area contributed by atoms with Gasteiger partial charge < -0.3 is 9.47 Å². The molecule has 19 heavy (non-hydrogen) atoms. The number of hydrogen-bond donors (Lipinski definition) is 0. The van der Waals surface area contributed by atoms with Crippen molar-refractivity contribution in [1.29, 1.82) is 0 Å². The number of alkyl halides is 3. The second-order valence-electron chi connectivity index (χ2n) is 3.61. The number of carbonyl (C=O) groups is 1. The average Bonchev–Trinajstić information content (AvgIpc) is 2.28. The van der Waals surface area contributed by atoms with Gasteiger partial charge in [0.25, 0.3) is 0 Å². The fourth-order valence-electron chi connectivity index (χ4n) is 1.41. The van der Waals surface area contributed by atoms with Gasteiger partial charge in [-0.05, 0) is 37.1 Å². The van der Waals surface area contributed by atoms with Crippen LogP contribution in [0, 0.1) is 0 Å². The lowest BCUT2D eigenvalue weighted by Gasteiger charge is -2.11. The molecule has 0 saturated carbocycles. The van der Waals surface area contributed by atoms with E-state index in [1.165, 1.54) is 18.2 Å². The van der Waals surface area contributed by atoms with Crippen LogP contribution in [0.2, 0.25) is 0 Å². The molecule has 0 aliphatic heterocycles. The zero-order valence-corrected chi connectivity index (χ0v) is 11.7. The van der Waals surface area contributed by atoms with Gasteiger partial charge in [-0.25, -0.2) is 0 Å². The maximum absolute atomic E-state index is 12.1. The van der Waals surface area contributed by atoms with Crippen LogP contribution in [0.4, 0.5) is 13.2 Å². The molecule has 0 spiro atoms. The van der Waals surface area contributed by atoms with Crippen molar-refractivity contribution >= 4 is 21.9 Å². The van der Waals surface area contributed by atoms with Crippen LogP contribution >= 0.6 is 15.9 Å². The first-order valence-electron chi connectivity index (χ1n) is 5.51. The molecule has 3 nitrogen and oxygen atoms in total. The molecule has 0 aliphatic rings. The molecule has 0 aliphatic carbocycles. The highest BCUT2D eigenvalue weighted by Crippen LogP contribution is 2.28. The Labute approximate surface area is 116 Å². The number of carbonyl (C=O) groups excluding carboxylic acids is 1. The summed E-state index contributed by atoms with van der Waals surface area (Å²) in [5.41, 5.74) is 0.551. The topological polar surface area (TPSA) is 35.5 Å². The quantitative estimate of drug-likeness (QED) is 0.764. The number of esters is 1. The lowest BCUT2D eigenvalue weighted by molar-refractivity contribution is -0.274. The molecule has 0 atom stereocenters. The van der Waals surface area contributed by atoms with Gasteiger partial charge in [-0.1, -0.05) is 15.9 Å². The maximum Gasteiger partial charge on any atom is 0.573 e. The van der Waals surface area contributed by atoms with Crippen molar-refractivity contribution in [2.45, 2.75) is 26.1 Å². The van der Waals surface area contributed by atoms with Crippen LogP contribution in [0.5, 0.6) is 5.75 Å². The van der Waals surface area contributed by atoms with E-state index in [0.717, 1.165) is 0 Å². The monoisotopic (exact) mass is 340 g/mol. The van der Waals surface area contributed by atoms with E-state index in [-0.39, 0.29) is 25.2 Å². The lowest BCUT2D eigenvalue weighted by Crippen LogP contribution is -2.17. The lowest BCUT2D eigenvalue weighted by atomic mass is 10.1. The zero-order valence-electron chi connectivity index (χ0n) is 10.1. The second kappa shape index (κ2) is 6.79. The summed E-state index contributed by atoms with van der Waals surface area (Å²) in [6.45, 7) is 1.96. The van der Waals surface area contributed by atoms with E-state index in [1.807, 2.05) is 0 Å². The third-order valence-electron chi connectivity index (χ3n) is 2.15. The van der Waals surface area contributed by atoms with Crippen LogP contribution in [0.25, 0.3) is 0 Å². The Kier molecular flexibility index (Phi) is 5.65. The number of aryl methyl sites for hydroxylation is 1. The Hall–Kier alpha value is -1.24. The molecule has 1 aromatic rings. The molecule has 0 unspecified atom stereocenters. The Morgan fingerprint density at radius 1 is 1.37 bits per heavy atom. The van der Waals surface area contributed by atoms with Gasteiger partial charge in [0, 0.05) is 10.9 Å². The number of rotatable bonds is 5. The van der Waals surface area contributed by atoms with E-state index in [9.17, 15) is 18.0 Å². The number of hydrogen-bond acceptors (Lipinski definition) is 3. The summed E-state index contributed by atoms with van der Waals surface area (Å²) in [5.74, 6) is -0.703. The van der Waals surface area contributed by atoms with Gasteiger partial charge in [0.2, 0.25) is 0 Å². The van der Waals surface area contributed by atoms with E-state index >= 15 is 0 Å². The first-order chi connectivity index (χ1) is 8.81. The Bertz CT molecular complexity index is 446. The van der Waals surface area contributed by atoms with E-state index in [0.29, 0.717) is 10.0 Å². The predicted octanol–water partition coefficient (Wildman–Crippen LogP) is 3.84.